The first-order valence-corrected chi connectivity index (χ1v) is 6.41. The number of nitrogens with zero attached hydrogens (tertiary/aromatic N) is 2. The summed E-state index contributed by atoms with van der Waals surface area (Å²) in [6.07, 6.45) is 1.66. The minimum Gasteiger partial charge on any atom is -0.497 e. The van der Waals surface area contributed by atoms with Crippen molar-refractivity contribution in [3.63, 3.8) is 0 Å². The molecule has 1 heterocycles. The van der Waals surface area contributed by atoms with Crippen molar-refractivity contribution in [2.24, 2.45) is 0 Å². The molecule has 0 fully saturated rings. The Morgan fingerprint density at radius 1 is 1.30 bits per heavy atom. The minimum atomic E-state index is 0.0448. The molecule has 4 nitrogen and oxygen atoms in total. The molecule has 0 saturated heterocycles. The summed E-state index contributed by atoms with van der Waals surface area (Å²) in [7, 11) is 3.60. The summed E-state index contributed by atoms with van der Waals surface area (Å²) < 4.78 is 5.21. The molecule has 0 N–H and O–H groups in total. The lowest BCUT2D eigenvalue weighted by atomic mass is 10.1. The van der Waals surface area contributed by atoms with Gasteiger partial charge in [-0.2, -0.15) is 0 Å². The van der Waals surface area contributed by atoms with E-state index < -0.39 is 0 Å². The van der Waals surface area contributed by atoms with E-state index in [0.29, 0.717) is 12.1 Å². The molecule has 0 radical (unpaired) electrons. The van der Waals surface area contributed by atoms with Gasteiger partial charge in [-0.1, -0.05) is 12.1 Å². The maximum Gasteiger partial charge on any atom is 0.159 e. The summed E-state index contributed by atoms with van der Waals surface area (Å²) in [5, 5.41) is 0. The normalized spacial score (nSPS) is 10.2. The molecule has 0 spiro atoms. The summed E-state index contributed by atoms with van der Waals surface area (Å²) in [5.74, 6) is 1.66. The van der Waals surface area contributed by atoms with E-state index in [1.807, 2.05) is 42.3 Å². The van der Waals surface area contributed by atoms with Gasteiger partial charge in [0, 0.05) is 25.4 Å². The number of methoxy groups -OCH3 is 1. The van der Waals surface area contributed by atoms with Gasteiger partial charge in [-0.25, -0.2) is 4.98 Å². The Morgan fingerprint density at radius 2 is 2.10 bits per heavy atom. The molecule has 1 aromatic carbocycles. The van der Waals surface area contributed by atoms with Crippen LogP contribution in [0.15, 0.2) is 42.6 Å². The van der Waals surface area contributed by atoms with Crippen molar-refractivity contribution >= 4 is 11.6 Å². The second-order valence-electron chi connectivity index (χ2n) is 4.67. The van der Waals surface area contributed by atoms with Crippen LogP contribution in [0.3, 0.4) is 0 Å². The number of Topliss-reactive ketones (excluding diaryl/α,β-unsaturated/α-hetero) is 1. The second kappa shape index (κ2) is 6.19. The van der Waals surface area contributed by atoms with Crippen molar-refractivity contribution in [3.05, 3.63) is 53.7 Å². The van der Waals surface area contributed by atoms with Crippen molar-refractivity contribution in [1.82, 2.24) is 4.98 Å². The van der Waals surface area contributed by atoms with Crippen molar-refractivity contribution in [3.8, 4) is 5.75 Å². The number of benzene rings is 1. The molecule has 104 valence electrons. The number of pyridine rings is 1. The van der Waals surface area contributed by atoms with Gasteiger partial charge in [0.1, 0.15) is 11.6 Å². The molecule has 0 saturated carbocycles. The zero-order chi connectivity index (χ0) is 14.5. The predicted octanol–water partition coefficient (Wildman–Crippen LogP) is 2.93. The van der Waals surface area contributed by atoms with Crippen LogP contribution in [0.2, 0.25) is 0 Å². The Kier molecular flexibility index (Phi) is 4.35. The fourth-order valence-corrected chi connectivity index (χ4v) is 1.97. The number of ketones is 1. The predicted molar refractivity (Wildman–Crippen MR) is 79.3 cm³/mol. The molecule has 0 aliphatic rings. The van der Waals surface area contributed by atoms with Gasteiger partial charge in [0.15, 0.2) is 5.78 Å². The van der Waals surface area contributed by atoms with Gasteiger partial charge in [0.05, 0.1) is 7.11 Å². The summed E-state index contributed by atoms with van der Waals surface area (Å²) in [4.78, 5) is 17.7. The second-order valence-corrected chi connectivity index (χ2v) is 4.67. The largest absolute Gasteiger partial charge is 0.497 e. The first-order valence-electron chi connectivity index (χ1n) is 6.41. The molecule has 4 heteroatoms. The van der Waals surface area contributed by atoms with Crippen molar-refractivity contribution in [2.45, 2.75) is 13.5 Å². The van der Waals surface area contributed by atoms with Crippen LogP contribution in [0.25, 0.3) is 0 Å². The SMILES string of the molecule is COc1cccc(CN(C)c2cc(C(C)=O)ccn2)c1. The van der Waals surface area contributed by atoms with Gasteiger partial charge in [-0.3, -0.25) is 4.79 Å². The molecular formula is C16H18N2O2. The summed E-state index contributed by atoms with van der Waals surface area (Å²) in [5.41, 5.74) is 1.80. The summed E-state index contributed by atoms with van der Waals surface area (Å²) >= 11 is 0. The average Bonchev–Trinajstić information content (AvgIpc) is 2.47. The molecule has 2 rings (SSSR count). The van der Waals surface area contributed by atoms with Crippen molar-refractivity contribution < 1.29 is 9.53 Å². The van der Waals surface area contributed by atoms with E-state index in [9.17, 15) is 4.79 Å². The number of carbonyl (C=O) groups excluding carboxylic acids is 1. The molecule has 2 aromatic rings. The highest BCUT2D eigenvalue weighted by atomic mass is 16.5. The third-order valence-corrected chi connectivity index (χ3v) is 3.10. The topological polar surface area (TPSA) is 42.4 Å². The number of hydrogen-bond donors (Lipinski definition) is 0. The molecule has 0 amide bonds. The van der Waals surface area contributed by atoms with Gasteiger partial charge in [0.25, 0.3) is 0 Å². The number of rotatable bonds is 5. The van der Waals surface area contributed by atoms with Gasteiger partial charge < -0.3 is 9.64 Å². The van der Waals surface area contributed by atoms with Crippen molar-refractivity contribution in [2.75, 3.05) is 19.1 Å². The highest BCUT2D eigenvalue weighted by Crippen LogP contribution is 2.17. The highest BCUT2D eigenvalue weighted by Gasteiger charge is 2.07. The molecule has 0 unspecified atom stereocenters. The number of hydrogen-bond acceptors (Lipinski definition) is 4. The van der Waals surface area contributed by atoms with E-state index in [0.717, 1.165) is 17.1 Å². The lowest BCUT2D eigenvalue weighted by Gasteiger charge is -2.19. The quantitative estimate of drug-likeness (QED) is 0.783. The van der Waals surface area contributed by atoms with Gasteiger partial charge >= 0.3 is 0 Å². The van der Waals surface area contributed by atoms with E-state index in [1.165, 1.54) is 0 Å². The Hall–Kier alpha value is -2.36. The third kappa shape index (κ3) is 3.35. The zero-order valence-corrected chi connectivity index (χ0v) is 12.0. The molecule has 20 heavy (non-hydrogen) atoms. The molecule has 0 aliphatic carbocycles. The smallest absolute Gasteiger partial charge is 0.159 e. The first kappa shape index (κ1) is 14.1. The Labute approximate surface area is 119 Å². The lowest BCUT2D eigenvalue weighted by Crippen LogP contribution is -2.18. The Bertz CT molecular complexity index is 611. The fourth-order valence-electron chi connectivity index (χ4n) is 1.97. The maximum atomic E-state index is 11.4. The van der Waals surface area contributed by atoms with E-state index in [2.05, 4.69) is 4.98 Å². The van der Waals surface area contributed by atoms with Crippen LogP contribution in [-0.2, 0) is 6.54 Å². The summed E-state index contributed by atoms with van der Waals surface area (Å²) in [6, 6.07) is 11.4. The van der Waals surface area contributed by atoms with E-state index in [4.69, 9.17) is 4.74 Å². The summed E-state index contributed by atoms with van der Waals surface area (Å²) in [6.45, 7) is 2.26. The van der Waals surface area contributed by atoms with Crippen LogP contribution in [0.5, 0.6) is 5.75 Å². The van der Waals surface area contributed by atoms with Crippen LogP contribution in [0.1, 0.15) is 22.8 Å². The molecule has 0 bridgehead atoms. The molecule has 0 aliphatic heterocycles. The first-order chi connectivity index (χ1) is 9.60. The van der Waals surface area contributed by atoms with Crippen LogP contribution < -0.4 is 9.64 Å². The van der Waals surface area contributed by atoms with E-state index in [1.54, 1.807) is 26.3 Å². The monoisotopic (exact) mass is 270 g/mol. The molecule has 0 atom stereocenters. The third-order valence-electron chi connectivity index (χ3n) is 3.10. The Balaban J connectivity index is 2.16. The van der Waals surface area contributed by atoms with Gasteiger partial charge in [0.2, 0.25) is 0 Å². The number of anilines is 1. The maximum absolute atomic E-state index is 11.4. The number of ether oxygens (including phenoxy) is 1. The van der Waals surface area contributed by atoms with Crippen molar-refractivity contribution in [1.29, 1.82) is 0 Å². The van der Waals surface area contributed by atoms with Gasteiger partial charge in [-0.05, 0) is 36.8 Å². The number of carbonyl (C=O) groups is 1. The standard InChI is InChI=1S/C16H18N2O2/c1-12(19)14-7-8-17-16(10-14)18(2)11-13-5-4-6-15(9-13)20-3/h4-10H,11H2,1-3H3. The zero-order valence-electron chi connectivity index (χ0n) is 12.0. The van der Waals surface area contributed by atoms with E-state index >= 15 is 0 Å². The van der Waals surface area contributed by atoms with E-state index in [-0.39, 0.29) is 5.78 Å². The number of aromatic nitrogens is 1. The van der Waals surface area contributed by atoms with Crippen LogP contribution in [0, 0.1) is 0 Å². The average molecular weight is 270 g/mol. The molecule has 1 aromatic heterocycles. The lowest BCUT2D eigenvalue weighted by molar-refractivity contribution is 0.101. The minimum absolute atomic E-state index is 0.0448. The molecular weight excluding hydrogens is 252 g/mol. The van der Waals surface area contributed by atoms with Crippen LogP contribution in [0.4, 0.5) is 5.82 Å². The van der Waals surface area contributed by atoms with Crippen LogP contribution in [-0.4, -0.2) is 24.9 Å². The van der Waals surface area contributed by atoms with Gasteiger partial charge in [-0.15, -0.1) is 0 Å². The fraction of sp³-hybridized carbons (Fsp3) is 0.250. The van der Waals surface area contributed by atoms with Crippen LogP contribution >= 0.6 is 0 Å². The Morgan fingerprint density at radius 3 is 2.80 bits per heavy atom. The highest BCUT2D eigenvalue weighted by molar-refractivity contribution is 5.94.